The molecule has 0 heterocycles. The summed E-state index contributed by atoms with van der Waals surface area (Å²) in [6.07, 6.45) is -3.92. The van der Waals surface area contributed by atoms with Crippen molar-refractivity contribution < 1.29 is 27.8 Å². The van der Waals surface area contributed by atoms with Gasteiger partial charge in [0.25, 0.3) is 0 Å². The maximum absolute atomic E-state index is 12.7. The van der Waals surface area contributed by atoms with Crippen molar-refractivity contribution in [2.75, 3.05) is 13.7 Å². The molecule has 0 aliphatic carbocycles. The zero-order valence-electron chi connectivity index (χ0n) is 14.1. The summed E-state index contributed by atoms with van der Waals surface area (Å²) in [6, 6.07) is 9.79. The Morgan fingerprint density at radius 1 is 1.08 bits per heavy atom. The fourth-order valence-electron chi connectivity index (χ4n) is 2.32. The smallest absolute Gasteiger partial charge is 0.416 e. The standard InChI is InChI=1S/C18H20F3NO3.ClH/c1-24-17-9-12(8-15(22)10-23)5-6-16(17)25-11-13-3-2-4-14(7-13)18(19,20)21;/h2-7,9,15,23H,8,10-11,22H2,1H3;1H. The Morgan fingerprint density at radius 3 is 2.42 bits per heavy atom. The first-order valence-corrected chi connectivity index (χ1v) is 7.65. The largest absolute Gasteiger partial charge is 0.493 e. The van der Waals surface area contributed by atoms with E-state index in [0.29, 0.717) is 23.5 Å². The third kappa shape index (κ3) is 6.09. The number of rotatable bonds is 7. The molecule has 1 unspecified atom stereocenters. The fourth-order valence-corrected chi connectivity index (χ4v) is 2.32. The van der Waals surface area contributed by atoms with E-state index in [4.69, 9.17) is 20.3 Å². The minimum absolute atomic E-state index is 0. The molecule has 0 aliphatic rings. The summed E-state index contributed by atoms with van der Waals surface area (Å²) in [5, 5.41) is 9.01. The number of ether oxygens (including phenoxy) is 2. The minimum Gasteiger partial charge on any atom is -0.493 e. The number of alkyl halides is 3. The molecule has 3 N–H and O–H groups in total. The molecule has 0 saturated heterocycles. The average molecular weight is 392 g/mol. The molecule has 0 fully saturated rings. The molecule has 0 radical (unpaired) electrons. The lowest BCUT2D eigenvalue weighted by Gasteiger charge is -2.14. The topological polar surface area (TPSA) is 64.7 Å². The van der Waals surface area contributed by atoms with Gasteiger partial charge in [-0.3, -0.25) is 0 Å². The third-order valence-corrected chi connectivity index (χ3v) is 3.61. The predicted molar refractivity (Wildman–Crippen MR) is 94.8 cm³/mol. The van der Waals surface area contributed by atoms with Crippen LogP contribution in [0, 0.1) is 0 Å². The number of hydrogen-bond acceptors (Lipinski definition) is 4. The van der Waals surface area contributed by atoms with Gasteiger partial charge in [0.15, 0.2) is 11.5 Å². The lowest BCUT2D eigenvalue weighted by Crippen LogP contribution is -2.26. The van der Waals surface area contributed by atoms with Crippen LogP contribution >= 0.6 is 12.4 Å². The maximum Gasteiger partial charge on any atom is 0.416 e. The van der Waals surface area contributed by atoms with Gasteiger partial charge in [-0.25, -0.2) is 0 Å². The molecule has 1 atom stereocenters. The van der Waals surface area contributed by atoms with Gasteiger partial charge in [0.2, 0.25) is 0 Å². The molecule has 0 aliphatic heterocycles. The lowest BCUT2D eigenvalue weighted by atomic mass is 10.1. The molecule has 2 rings (SSSR count). The number of benzene rings is 2. The van der Waals surface area contributed by atoms with Gasteiger partial charge < -0.3 is 20.3 Å². The van der Waals surface area contributed by atoms with Gasteiger partial charge in [-0.2, -0.15) is 13.2 Å². The molecule has 2 aromatic rings. The summed E-state index contributed by atoms with van der Waals surface area (Å²) in [5.74, 6) is 0.871. The van der Waals surface area contributed by atoms with Crippen molar-refractivity contribution in [3.8, 4) is 11.5 Å². The monoisotopic (exact) mass is 391 g/mol. The summed E-state index contributed by atoms with van der Waals surface area (Å²) in [7, 11) is 1.47. The number of hydrogen-bond donors (Lipinski definition) is 2. The fraction of sp³-hybridized carbons (Fsp3) is 0.333. The SMILES string of the molecule is COc1cc(CC(N)CO)ccc1OCc1cccc(C(F)(F)F)c1.Cl. The van der Waals surface area contributed by atoms with Crippen molar-refractivity contribution in [3.05, 3.63) is 59.2 Å². The Bertz CT molecular complexity index is 710. The number of aliphatic hydroxyl groups excluding tert-OH is 1. The maximum atomic E-state index is 12.7. The van der Waals surface area contributed by atoms with Gasteiger partial charge >= 0.3 is 6.18 Å². The molecular weight excluding hydrogens is 371 g/mol. The molecule has 4 nitrogen and oxygen atoms in total. The molecule has 26 heavy (non-hydrogen) atoms. The number of aliphatic hydroxyl groups is 1. The van der Waals surface area contributed by atoms with Gasteiger partial charge in [-0.05, 0) is 41.8 Å². The van der Waals surface area contributed by atoms with Crippen molar-refractivity contribution in [1.82, 2.24) is 0 Å². The van der Waals surface area contributed by atoms with E-state index in [1.807, 2.05) is 0 Å². The van der Waals surface area contributed by atoms with Crippen molar-refractivity contribution in [2.24, 2.45) is 5.73 Å². The Morgan fingerprint density at radius 2 is 1.81 bits per heavy atom. The Balaban J connectivity index is 0.00000338. The van der Waals surface area contributed by atoms with Crippen LogP contribution in [0.25, 0.3) is 0 Å². The molecular formula is C18H21ClF3NO3. The normalized spacial score (nSPS) is 12.2. The highest BCUT2D eigenvalue weighted by Crippen LogP contribution is 2.31. The second kappa shape index (κ2) is 9.66. The van der Waals surface area contributed by atoms with Crippen LogP contribution in [0.15, 0.2) is 42.5 Å². The van der Waals surface area contributed by atoms with Crippen molar-refractivity contribution in [3.63, 3.8) is 0 Å². The van der Waals surface area contributed by atoms with E-state index >= 15 is 0 Å². The minimum atomic E-state index is -4.39. The second-order valence-electron chi connectivity index (χ2n) is 5.62. The summed E-state index contributed by atoms with van der Waals surface area (Å²) in [5.41, 5.74) is 6.26. The van der Waals surface area contributed by atoms with E-state index in [1.54, 1.807) is 24.3 Å². The molecule has 144 valence electrons. The van der Waals surface area contributed by atoms with Crippen LogP contribution in [0.4, 0.5) is 13.2 Å². The van der Waals surface area contributed by atoms with Crippen molar-refractivity contribution >= 4 is 12.4 Å². The highest BCUT2D eigenvalue weighted by Gasteiger charge is 2.30. The first kappa shape index (κ1) is 22.1. The summed E-state index contributed by atoms with van der Waals surface area (Å²) in [6.45, 7) is -0.147. The van der Waals surface area contributed by atoms with Crippen molar-refractivity contribution in [1.29, 1.82) is 0 Å². The van der Waals surface area contributed by atoms with E-state index in [-0.39, 0.29) is 31.7 Å². The van der Waals surface area contributed by atoms with Crippen LogP contribution in [-0.4, -0.2) is 24.9 Å². The zero-order valence-corrected chi connectivity index (χ0v) is 14.9. The van der Waals surface area contributed by atoms with Crippen LogP contribution in [0.2, 0.25) is 0 Å². The highest BCUT2D eigenvalue weighted by atomic mass is 35.5. The van der Waals surface area contributed by atoms with Crippen LogP contribution in [0.3, 0.4) is 0 Å². The Labute approximate surface area is 156 Å². The molecule has 2 aromatic carbocycles. The van der Waals surface area contributed by atoms with Crippen molar-refractivity contribution in [2.45, 2.75) is 25.2 Å². The van der Waals surface area contributed by atoms with Gasteiger partial charge in [0.05, 0.1) is 19.3 Å². The second-order valence-corrected chi connectivity index (χ2v) is 5.62. The van der Waals surface area contributed by atoms with Gasteiger partial charge in [-0.15, -0.1) is 12.4 Å². The first-order valence-electron chi connectivity index (χ1n) is 7.65. The Hall–Kier alpha value is -1.96. The number of methoxy groups -OCH3 is 1. The average Bonchev–Trinajstić information content (AvgIpc) is 2.59. The van der Waals surface area contributed by atoms with E-state index < -0.39 is 11.7 Å². The van der Waals surface area contributed by atoms with E-state index in [9.17, 15) is 13.2 Å². The zero-order chi connectivity index (χ0) is 18.4. The molecule has 0 saturated carbocycles. The summed E-state index contributed by atoms with van der Waals surface area (Å²) >= 11 is 0. The van der Waals surface area contributed by atoms with Crippen LogP contribution in [0.5, 0.6) is 11.5 Å². The van der Waals surface area contributed by atoms with Gasteiger partial charge in [0.1, 0.15) is 6.61 Å². The molecule has 8 heteroatoms. The molecule has 0 spiro atoms. The molecule has 0 aromatic heterocycles. The van der Waals surface area contributed by atoms with E-state index in [2.05, 4.69) is 0 Å². The van der Waals surface area contributed by atoms with Crippen LogP contribution in [0.1, 0.15) is 16.7 Å². The first-order chi connectivity index (χ1) is 11.8. The van der Waals surface area contributed by atoms with Crippen LogP contribution < -0.4 is 15.2 Å². The molecule has 0 amide bonds. The lowest BCUT2D eigenvalue weighted by molar-refractivity contribution is -0.137. The Kier molecular flexibility index (Phi) is 8.20. The summed E-state index contributed by atoms with van der Waals surface area (Å²) in [4.78, 5) is 0. The summed E-state index contributed by atoms with van der Waals surface area (Å²) < 4.78 is 49.1. The number of halogens is 4. The van der Waals surface area contributed by atoms with E-state index in [1.165, 1.54) is 13.2 Å². The van der Waals surface area contributed by atoms with Crippen LogP contribution in [-0.2, 0) is 19.2 Å². The van der Waals surface area contributed by atoms with Gasteiger partial charge in [0, 0.05) is 6.04 Å². The predicted octanol–water partition coefficient (Wildman–Crippen LogP) is 3.58. The molecule has 0 bridgehead atoms. The number of nitrogens with two attached hydrogens (primary N) is 1. The van der Waals surface area contributed by atoms with Gasteiger partial charge in [-0.1, -0.05) is 18.2 Å². The third-order valence-electron chi connectivity index (χ3n) is 3.61. The van der Waals surface area contributed by atoms with E-state index in [0.717, 1.165) is 17.7 Å². The quantitative estimate of drug-likeness (QED) is 0.757. The highest BCUT2D eigenvalue weighted by molar-refractivity contribution is 5.85.